The van der Waals surface area contributed by atoms with Crippen LogP contribution in [0.15, 0.2) is 30.5 Å². The molecular weight excluding hydrogens is 260 g/mol. The number of ether oxygens (including phenoxy) is 1. The molecule has 1 aliphatic rings. The largest absolute Gasteiger partial charge is 0.497 e. The molecule has 0 aliphatic heterocycles. The first-order valence-corrected chi connectivity index (χ1v) is 7.93. The van der Waals surface area contributed by atoms with Crippen LogP contribution in [0.25, 0.3) is 10.8 Å². The number of hydrogen-bond donors (Lipinski definition) is 1. The predicted molar refractivity (Wildman–Crippen MR) is 87.9 cm³/mol. The van der Waals surface area contributed by atoms with Gasteiger partial charge in [0.1, 0.15) is 11.6 Å². The Morgan fingerprint density at radius 2 is 2.19 bits per heavy atom. The molecule has 0 spiro atoms. The molecule has 0 amide bonds. The first-order chi connectivity index (χ1) is 10.3. The summed E-state index contributed by atoms with van der Waals surface area (Å²) in [5.74, 6) is 3.54. The molecule has 2 unspecified atom stereocenters. The minimum Gasteiger partial charge on any atom is -0.497 e. The standard InChI is InChI=1S/C18H24N2O/c1-13-4-3-5-14(10-13)12-20-18-17-7-6-16(21-2)11-15(17)8-9-19-18/h6-9,11,13-14H,3-5,10,12H2,1-2H3,(H,19,20). The highest BCUT2D eigenvalue weighted by molar-refractivity contribution is 5.92. The van der Waals surface area contributed by atoms with E-state index in [-0.39, 0.29) is 0 Å². The van der Waals surface area contributed by atoms with Crippen LogP contribution in [0.4, 0.5) is 5.82 Å². The van der Waals surface area contributed by atoms with Crippen LogP contribution in [-0.4, -0.2) is 18.6 Å². The van der Waals surface area contributed by atoms with Gasteiger partial charge in [-0.15, -0.1) is 0 Å². The number of nitrogens with zero attached hydrogens (tertiary/aromatic N) is 1. The maximum Gasteiger partial charge on any atom is 0.133 e. The molecule has 1 fully saturated rings. The van der Waals surface area contributed by atoms with E-state index >= 15 is 0 Å². The van der Waals surface area contributed by atoms with Crippen LogP contribution in [0.2, 0.25) is 0 Å². The summed E-state index contributed by atoms with van der Waals surface area (Å²) in [7, 11) is 1.70. The van der Waals surface area contributed by atoms with Crippen LogP contribution >= 0.6 is 0 Å². The second-order valence-electron chi connectivity index (χ2n) is 6.27. The van der Waals surface area contributed by atoms with Crippen molar-refractivity contribution in [1.29, 1.82) is 0 Å². The van der Waals surface area contributed by atoms with Gasteiger partial charge in [0.05, 0.1) is 7.11 Å². The monoisotopic (exact) mass is 284 g/mol. The van der Waals surface area contributed by atoms with Gasteiger partial charge < -0.3 is 10.1 Å². The van der Waals surface area contributed by atoms with E-state index in [0.717, 1.165) is 29.9 Å². The lowest BCUT2D eigenvalue weighted by molar-refractivity contribution is 0.293. The average molecular weight is 284 g/mol. The van der Waals surface area contributed by atoms with Gasteiger partial charge >= 0.3 is 0 Å². The molecule has 1 N–H and O–H groups in total. The Kier molecular flexibility index (Phi) is 4.28. The van der Waals surface area contributed by atoms with Gasteiger partial charge in [-0.1, -0.05) is 19.8 Å². The average Bonchev–Trinajstić information content (AvgIpc) is 2.52. The zero-order valence-corrected chi connectivity index (χ0v) is 12.9. The lowest BCUT2D eigenvalue weighted by Crippen LogP contribution is -2.21. The van der Waals surface area contributed by atoms with E-state index in [0.29, 0.717) is 0 Å². The molecule has 3 rings (SSSR count). The van der Waals surface area contributed by atoms with Crippen molar-refractivity contribution in [1.82, 2.24) is 4.98 Å². The Labute approximate surface area is 126 Å². The van der Waals surface area contributed by atoms with Crippen LogP contribution < -0.4 is 10.1 Å². The number of pyridine rings is 1. The van der Waals surface area contributed by atoms with E-state index in [1.165, 1.54) is 36.5 Å². The molecule has 1 heterocycles. The lowest BCUT2D eigenvalue weighted by atomic mass is 9.82. The highest BCUT2D eigenvalue weighted by Crippen LogP contribution is 2.30. The van der Waals surface area contributed by atoms with Crippen molar-refractivity contribution in [3.05, 3.63) is 30.5 Å². The van der Waals surface area contributed by atoms with Crippen LogP contribution in [-0.2, 0) is 0 Å². The van der Waals surface area contributed by atoms with Crippen LogP contribution in [0.5, 0.6) is 5.75 Å². The van der Waals surface area contributed by atoms with E-state index in [4.69, 9.17) is 4.74 Å². The van der Waals surface area contributed by atoms with E-state index in [1.807, 2.05) is 18.3 Å². The molecule has 1 saturated carbocycles. The summed E-state index contributed by atoms with van der Waals surface area (Å²) in [6.45, 7) is 3.40. The lowest BCUT2D eigenvalue weighted by Gasteiger charge is -2.27. The number of anilines is 1. The first-order valence-electron chi connectivity index (χ1n) is 7.93. The molecule has 2 atom stereocenters. The molecule has 0 saturated heterocycles. The molecule has 1 aromatic heterocycles. The minimum atomic E-state index is 0.782. The summed E-state index contributed by atoms with van der Waals surface area (Å²) in [4.78, 5) is 4.51. The van der Waals surface area contributed by atoms with Crippen LogP contribution in [0.1, 0.15) is 32.6 Å². The predicted octanol–water partition coefficient (Wildman–Crippen LogP) is 4.48. The van der Waals surface area contributed by atoms with Gasteiger partial charge in [0.25, 0.3) is 0 Å². The normalized spacial score (nSPS) is 22.2. The fourth-order valence-corrected chi connectivity index (χ4v) is 3.41. The number of aromatic nitrogens is 1. The molecule has 3 nitrogen and oxygen atoms in total. The molecule has 3 heteroatoms. The van der Waals surface area contributed by atoms with E-state index in [2.05, 4.69) is 29.4 Å². The Balaban J connectivity index is 1.74. The molecule has 1 aliphatic carbocycles. The molecular formula is C18H24N2O. The zero-order valence-electron chi connectivity index (χ0n) is 12.9. The topological polar surface area (TPSA) is 34.1 Å². The number of methoxy groups -OCH3 is 1. The van der Waals surface area contributed by atoms with Gasteiger partial charge in [-0.25, -0.2) is 4.98 Å². The molecule has 0 radical (unpaired) electrons. The smallest absolute Gasteiger partial charge is 0.133 e. The number of fused-ring (bicyclic) bond motifs is 1. The Morgan fingerprint density at radius 3 is 3.00 bits per heavy atom. The van der Waals surface area contributed by atoms with Crippen molar-refractivity contribution < 1.29 is 4.74 Å². The molecule has 112 valence electrons. The van der Waals surface area contributed by atoms with Gasteiger partial charge in [-0.3, -0.25) is 0 Å². The summed E-state index contributed by atoms with van der Waals surface area (Å²) >= 11 is 0. The number of benzene rings is 1. The maximum atomic E-state index is 5.29. The fourth-order valence-electron chi connectivity index (χ4n) is 3.41. The minimum absolute atomic E-state index is 0.782. The SMILES string of the molecule is COc1ccc2c(NCC3CCCC(C)C3)nccc2c1. The molecule has 1 aromatic carbocycles. The van der Waals surface area contributed by atoms with E-state index < -0.39 is 0 Å². The Bertz CT molecular complexity index is 611. The number of rotatable bonds is 4. The fraction of sp³-hybridized carbons (Fsp3) is 0.500. The summed E-state index contributed by atoms with van der Waals surface area (Å²) in [6, 6.07) is 8.18. The van der Waals surface area contributed by atoms with Gasteiger partial charge in [-0.2, -0.15) is 0 Å². The third kappa shape index (κ3) is 3.29. The number of hydrogen-bond acceptors (Lipinski definition) is 3. The first kappa shape index (κ1) is 14.2. The third-order valence-electron chi connectivity index (χ3n) is 4.57. The van der Waals surface area contributed by atoms with Crippen LogP contribution in [0.3, 0.4) is 0 Å². The summed E-state index contributed by atoms with van der Waals surface area (Å²) < 4.78 is 5.29. The maximum absolute atomic E-state index is 5.29. The van der Waals surface area contributed by atoms with Gasteiger partial charge in [0.2, 0.25) is 0 Å². The Hall–Kier alpha value is -1.77. The highest BCUT2D eigenvalue weighted by Gasteiger charge is 2.18. The zero-order chi connectivity index (χ0) is 14.7. The van der Waals surface area contributed by atoms with E-state index in [9.17, 15) is 0 Å². The highest BCUT2D eigenvalue weighted by atomic mass is 16.5. The van der Waals surface area contributed by atoms with Crippen molar-refractivity contribution in [3.8, 4) is 5.75 Å². The van der Waals surface area contributed by atoms with Gasteiger partial charge in [-0.05, 0) is 54.3 Å². The van der Waals surface area contributed by atoms with Crippen LogP contribution in [0, 0.1) is 11.8 Å². The van der Waals surface area contributed by atoms with Gasteiger partial charge in [0.15, 0.2) is 0 Å². The van der Waals surface area contributed by atoms with Crippen molar-refractivity contribution in [2.75, 3.05) is 19.0 Å². The second-order valence-corrected chi connectivity index (χ2v) is 6.27. The summed E-state index contributed by atoms with van der Waals surface area (Å²) in [5.41, 5.74) is 0. The van der Waals surface area contributed by atoms with Crippen molar-refractivity contribution in [2.24, 2.45) is 11.8 Å². The second kappa shape index (κ2) is 6.33. The number of nitrogens with one attached hydrogen (secondary N) is 1. The third-order valence-corrected chi connectivity index (χ3v) is 4.57. The van der Waals surface area contributed by atoms with Crippen molar-refractivity contribution >= 4 is 16.6 Å². The van der Waals surface area contributed by atoms with Gasteiger partial charge in [0, 0.05) is 18.1 Å². The summed E-state index contributed by atoms with van der Waals surface area (Å²) in [5, 5.41) is 5.90. The Morgan fingerprint density at radius 1 is 1.29 bits per heavy atom. The van der Waals surface area contributed by atoms with E-state index in [1.54, 1.807) is 7.11 Å². The summed E-state index contributed by atoms with van der Waals surface area (Å²) in [6.07, 6.45) is 7.31. The van der Waals surface area contributed by atoms with Crippen molar-refractivity contribution in [2.45, 2.75) is 32.6 Å². The molecule has 2 aromatic rings. The van der Waals surface area contributed by atoms with Crippen molar-refractivity contribution in [3.63, 3.8) is 0 Å². The molecule has 21 heavy (non-hydrogen) atoms. The molecule has 0 bridgehead atoms. The quantitative estimate of drug-likeness (QED) is 0.898.